The van der Waals surface area contributed by atoms with Crippen LogP contribution in [0.15, 0.2) is 65.3 Å². The van der Waals surface area contributed by atoms with E-state index in [9.17, 15) is 4.79 Å². The minimum Gasteiger partial charge on any atom is -0.497 e. The van der Waals surface area contributed by atoms with E-state index in [0.29, 0.717) is 23.3 Å². The predicted octanol–water partition coefficient (Wildman–Crippen LogP) is 6.57. The second-order valence-corrected chi connectivity index (χ2v) is 9.53. The van der Waals surface area contributed by atoms with Crippen molar-refractivity contribution >= 4 is 5.91 Å². The van der Waals surface area contributed by atoms with Gasteiger partial charge in [-0.3, -0.25) is 4.79 Å². The SMILES string of the molecule is COc1ccc(OC)c(CNC(=O)c2ccc(-c3c(-c4ccc(C)cc4)ncn3C3CCCCC3)o2)c1. The smallest absolute Gasteiger partial charge is 0.287 e. The summed E-state index contributed by atoms with van der Waals surface area (Å²) in [5.41, 5.74) is 4.83. The number of carbonyl (C=O) groups is 1. The first kappa shape index (κ1) is 24.7. The lowest BCUT2D eigenvalue weighted by Crippen LogP contribution is -2.22. The largest absolute Gasteiger partial charge is 0.497 e. The number of nitrogens with zero attached hydrogens (tertiary/aromatic N) is 2. The molecule has 37 heavy (non-hydrogen) atoms. The number of carbonyl (C=O) groups excluding carboxylic acids is 1. The van der Waals surface area contributed by atoms with Crippen molar-refractivity contribution in [1.29, 1.82) is 0 Å². The molecule has 2 aromatic heterocycles. The minimum atomic E-state index is -0.295. The van der Waals surface area contributed by atoms with Crippen molar-refractivity contribution in [3.63, 3.8) is 0 Å². The quantitative estimate of drug-likeness (QED) is 0.297. The maximum Gasteiger partial charge on any atom is 0.287 e. The first-order valence-corrected chi connectivity index (χ1v) is 12.8. The van der Waals surface area contributed by atoms with Crippen molar-refractivity contribution in [2.24, 2.45) is 0 Å². The van der Waals surface area contributed by atoms with Crippen LogP contribution in [0.2, 0.25) is 0 Å². The first-order valence-electron chi connectivity index (χ1n) is 12.8. The van der Waals surface area contributed by atoms with Crippen molar-refractivity contribution in [3.8, 4) is 34.2 Å². The number of methoxy groups -OCH3 is 2. The Bertz CT molecular complexity index is 1360. The van der Waals surface area contributed by atoms with Gasteiger partial charge in [0.05, 0.1) is 26.2 Å². The molecule has 5 rings (SSSR count). The summed E-state index contributed by atoms with van der Waals surface area (Å²) in [6.45, 7) is 2.35. The Morgan fingerprint density at radius 3 is 2.54 bits per heavy atom. The molecule has 7 heteroatoms. The normalized spacial score (nSPS) is 13.9. The molecule has 0 atom stereocenters. The molecule has 1 aliphatic carbocycles. The third kappa shape index (κ3) is 5.26. The maximum absolute atomic E-state index is 13.0. The molecule has 1 amide bonds. The predicted molar refractivity (Wildman–Crippen MR) is 143 cm³/mol. The molecular formula is C30H33N3O4. The van der Waals surface area contributed by atoms with Crippen LogP contribution in [-0.4, -0.2) is 29.7 Å². The lowest BCUT2D eigenvalue weighted by molar-refractivity contribution is 0.0923. The number of nitrogens with one attached hydrogen (secondary N) is 1. The second-order valence-electron chi connectivity index (χ2n) is 9.53. The van der Waals surface area contributed by atoms with Crippen LogP contribution in [0.25, 0.3) is 22.7 Å². The van der Waals surface area contributed by atoms with E-state index in [0.717, 1.165) is 35.4 Å². The van der Waals surface area contributed by atoms with E-state index in [2.05, 4.69) is 41.1 Å². The number of hydrogen-bond donors (Lipinski definition) is 1. The van der Waals surface area contributed by atoms with Gasteiger partial charge in [0.15, 0.2) is 11.5 Å². The lowest BCUT2D eigenvalue weighted by Gasteiger charge is -2.24. The van der Waals surface area contributed by atoms with Crippen LogP contribution in [0.4, 0.5) is 0 Å². The fourth-order valence-electron chi connectivity index (χ4n) is 5.03. The van der Waals surface area contributed by atoms with Crippen LogP contribution in [-0.2, 0) is 6.54 Å². The Balaban J connectivity index is 1.43. The van der Waals surface area contributed by atoms with Crippen LogP contribution < -0.4 is 14.8 Å². The summed E-state index contributed by atoms with van der Waals surface area (Å²) in [6.07, 6.45) is 7.86. The molecule has 4 aromatic rings. The summed E-state index contributed by atoms with van der Waals surface area (Å²) in [5.74, 6) is 1.98. The number of hydrogen-bond acceptors (Lipinski definition) is 5. The molecule has 0 bridgehead atoms. The van der Waals surface area contributed by atoms with E-state index in [1.807, 2.05) is 30.6 Å². The summed E-state index contributed by atoms with van der Waals surface area (Å²) >= 11 is 0. The van der Waals surface area contributed by atoms with Crippen molar-refractivity contribution in [1.82, 2.24) is 14.9 Å². The molecule has 2 aromatic carbocycles. The van der Waals surface area contributed by atoms with E-state index in [1.165, 1.54) is 24.8 Å². The Morgan fingerprint density at radius 2 is 1.81 bits per heavy atom. The molecule has 0 unspecified atom stereocenters. The van der Waals surface area contributed by atoms with Gasteiger partial charge in [0.25, 0.3) is 5.91 Å². The van der Waals surface area contributed by atoms with E-state index in [4.69, 9.17) is 18.9 Å². The number of aromatic nitrogens is 2. The van der Waals surface area contributed by atoms with Gasteiger partial charge in [-0.2, -0.15) is 0 Å². The molecule has 0 saturated heterocycles. The van der Waals surface area contributed by atoms with Crippen molar-refractivity contribution < 1.29 is 18.7 Å². The number of amides is 1. The zero-order valence-corrected chi connectivity index (χ0v) is 21.6. The van der Waals surface area contributed by atoms with Gasteiger partial charge < -0.3 is 23.8 Å². The highest BCUT2D eigenvalue weighted by atomic mass is 16.5. The van der Waals surface area contributed by atoms with Crippen LogP contribution in [0, 0.1) is 6.92 Å². The zero-order chi connectivity index (χ0) is 25.8. The second kappa shape index (κ2) is 10.9. The standard InChI is InChI=1S/C30H33N3O4/c1-20-9-11-21(12-10-20)28-29(33(19-32-28)23-7-5-4-6-8-23)26-15-16-27(37-26)30(34)31-18-22-17-24(35-2)13-14-25(22)36-3/h9-17,19,23H,4-8,18H2,1-3H3,(H,31,34). The van der Waals surface area contributed by atoms with Crippen LogP contribution >= 0.6 is 0 Å². The van der Waals surface area contributed by atoms with Crippen LogP contribution in [0.1, 0.15) is 59.8 Å². The van der Waals surface area contributed by atoms with Gasteiger partial charge in [-0.25, -0.2) is 4.98 Å². The zero-order valence-electron chi connectivity index (χ0n) is 21.6. The lowest BCUT2D eigenvalue weighted by atomic mass is 9.95. The summed E-state index contributed by atoms with van der Waals surface area (Å²) in [6, 6.07) is 17.8. The molecular weight excluding hydrogens is 466 g/mol. The molecule has 192 valence electrons. The molecule has 1 N–H and O–H groups in total. The van der Waals surface area contributed by atoms with E-state index in [-0.39, 0.29) is 18.2 Å². The molecule has 0 aliphatic heterocycles. The third-order valence-corrected chi connectivity index (χ3v) is 7.08. The average Bonchev–Trinajstić information content (AvgIpc) is 3.60. The number of imidazole rings is 1. The highest BCUT2D eigenvalue weighted by Gasteiger charge is 2.25. The fraction of sp³-hybridized carbons (Fsp3) is 0.333. The van der Waals surface area contributed by atoms with Gasteiger partial charge in [0.2, 0.25) is 0 Å². The van der Waals surface area contributed by atoms with E-state index in [1.54, 1.807) is 20.3 Å². The number of ether oxygens (including phenoxy) is 2. The monoisotopic (exact) mass is 499 g/mol. The van der Waals surface area contributed by atoms with Gasteiger partial charge in [-0.15, -0.1) is 0 Å². The van der Waals surface area contributed by atoms with Gasteiger partial charge >= 0.3 is 0 Å². The Hall–Kier alpha value is -4.00. The Labute approximate surface area is 217 Å². The highest BCUT2D eigenvalue weighted by Crippen LogP contribution is 2.38. The molecule has 0 radical (unpaired) electrons. The Morgan fingerprint density at radius 1 is 1.03 bits per heavy atom. The van der Waals surface area contributed by atoms with E-state index < -0.39 is 0 Å². The number of aryl methyl sites for hydroxylation is 1. The number of benzene rings is 2. The topological polar surface area (TPSA) is 78.5 Å². The molecule has 2 heterocycles. The molecule has 1 aliphatic rings. The fourth-order valence-corrected chi connectivity index (χ4v) is 5.03. The summed E-state index contributed by atoms with van der Waals surface area (Å²) in [4.78, 5) is 17.8. The summed E-state index contributed by atoms with van der Waals surface area (Å²) in [7, 11) is 3.21. The minimum absolute atomic E-state index is 0.253. The number of rotatable bonds is 8. The third-order valence-electron chi connectivity index (χ3n) is 7.08. The summed E-state index contributed by atoms with van der Waals surface area (Å²) < 4.78 is 19.2. The van der Waals surface area contributed by atoms with E-state index >= 15 is 0 Å². The summed E-state index contributed by atoms with van der Waals surface area (Å²) in [5, 5.41) is 2.94. The molecule has 1 saturated carbocycles. The molecule has 7 nitrogen and oxygen atoms in total. The molecule has 1 fully saturated rings. The molecule has 0 spiro atoms. The average molecular weight is 500 g/mol. The van der Waals surface area contributed by atoms with Gasteiger partial charge in [-0.1, -0.05) is 49.1 Å². The van der Waals surface area contributed by atoms with Gasteiger partial charge in [0, 0.05) is 23.7 Å². The van der Waals surface area contributed by atoms with Crippen LogP contribution in [0.3, 0.4) is 0 Å². The van der Waals surface area contributed by atoms with Gasteiger partial charge in [0.1, 0.15) is 17.2 Å². The van der Waals surface area contributed by atoms with Gasteiger partial charge in [-0.05, 0) is 50.1 Å². The maximum atomic E-state index is 13.0. The van der Waals surface area contributed by atoms with Crippen molar-refractivity contribution in [3.05, 3.63) is 77.8 Å². The Kier molecular flexibility index (Phi) is 7.30. The first-order chi connectivity index (χ1) is 18.1. The highest BCUT2D eigenvalue weighted by molar-refractivity contribution is 5.92. The van der Waals surface area contributed by atoms with Crippen molar-refractivity contribution in [2.45, 2.75) is 51.6 Å². The number of furan rings is 1. The van der Waals surface area contributed by atoms with Crippen LogP contribution in [0.5, 0.6) is 11.5 Å². The van der Waals surface area contributed by atoms with Crippen molar-refractivity contribution in [2.75, 3.05) is 14.2 Å².